The third kappa shape index (κ3) is 6.88. The van der Waals surface area contributed by atoms with Gasteiger partial charge in [-0.1, -0.05) is 36.4 Å². The predicted octanol–water partition coefficient (Wildman–Crippen LogP) is 2.25. The minimum absolute atomic E-state index is 0.101. The lowest BCUT2D eigenvalue weighted by molar-refractivity contribution is -0.232. The van der Waals surface area contributed by atoms with Gasteiger partial charge in [-0.25, -0.2) is 9.59 Å². The van der Waals surface area contributed by atoms with Crippen molar-refractivity contribution in [1.82, 2.24) is 5.32 Å². The molecule has 174 valence electrons. The van der Waals surface area contributed by atoms with Gasteiger partial charge in [0.25, 0.3) is 0 Å². The number of carbonyl (C=O) groups excluding carboxylic acids is 4. The van der Waals surface area contributed by atoms with Crippen LogP contribution < -0.4 is 5.32 Å². The second-order valence-corrected chi connectivity index (χ2v) is 7.47. The molecule has 1 N–H and O–H groups in total. The molecule has 0 radical (unpaired) electrons. The highest BCUT2D eigenvalue weighted by molar-refractivity contribution is 5.90. The second-order valence-electron chi connectivity index (χ2n) is 7.47. The molecule has 0 saturated carbocycles. The van der Waals surface area contributed by atoms with Crippen LogP contribution in [-0.2, 0) is 28.5 Å². The molecule has 9 heteroatoms. The Labute approximate surface area is 191 Å². The number of carbonyl (C=O) groups is 4. The second kappa shape index (κ2) is 11.2. The zero-order valence-corrected chi connectivity index (χ0v) is 18.3. The number of ether oxygens (including phenoxy) is 4. The third-order valence-electron chi connectivity index (χ3n) is 4.85. The Balaban J connectivity index is 1.76. The van der Waals surface area contributed by atoms with Crippen LogP contribution in [0, 0.1) is 0 Å². The van der Waals surface area contributed by atoms with E-state index in [4.69, 9.17) is 18.9 Å². The van der Waals surface area contributed by atoms with Crippen LogP contribution in [0.1, 0.15) is 41.0 Å². The number of amides is 1. The molecule has 4 atom stereocenters. The van der Waals surface area contributed by atoms with Gasteiger partial charge in [-0.2, -0.15) is 0 Å². The molecule has 1 saturated heterocycles. The molecule has 0 spiro atoms. The molecule has 33 heavy (non-hydrogen) atoms. The molecule has 1 amide bonds. The first-order chi connectivity index (χ1) is 15.8. The van der Waals surface area contributed by atoms with Crippen molar-refractivity contribution in [2.24, 2.45) is 0 Å². The lowest BCUT2D eigenvalue weighted by atomic mass is 9.99. The molecule has 1 aliphatic heterocycles. The summed E-state index contributed by atoms with van der Waals surface area (Å²) in [6.45, 7) is 2.31. The van der Waals surface area contributed by atoms with Crippen molar-refractivity contribution < 1.29 is 38.1 Å². The molecule has 9 nitrogen and oxygen atoms in total. The van der Waals surface area contributed by atoms with Crippen LogP contribution in [0.5, 0.6) is 0 Å². The maximum atomic E-state index is 12.7. The molecule has 0 aliphatic carbocycles. The maximum absolute atomic E-state index is 12.7. The lowest BCUT2D eigenvalue weighted by Gasteiger charge is -2.40. The summed E-state index contributed by atoms with van der Waals surface area (Å²) < 4.78 is 22.0. The Kier molecular flexibility index (Phi) is 8.15. The van der Waals surface area contributed by atoms with Crippen molar-refractivity contribution in [3.8, 4) is 0 Å². The summed E-state index contributed by atoms with van der Waals surface area (Å²) in [4.78, 5) is 48.4. The summed E-state index contributed by atoms with van der Waals surface area (Å²) in [7, 11) is 0. The molecule has 1 fully saturated rings. The van der Waals surface area contributed by atoms with Crippen LogP contribution in [0.15, 0.2) is 60.7 Å². The molecule has 1 aliphatic rings. The zero-order chi connectivity index (χ0) is 23.8. The summed E-state index contributed by atoms with van der Waals surface area (Å²) >= 11 is 0. The Hall–Kier alpha value is -3.72. The average molecular weight is 455 g/mol. The van der Waals surface area contributed by atoms with E-state index in [1.54, 1.807) is 60.7 Å². The van der Waals surface area contributed by atoms with Crippen LogP contribution in [0.25, 0.3) is 0 Å². The molecule has 3 rings (SSSR count). The van der Waals surface area contributed by atoms with E-state index in [2.05, 4.69) is 5.32 Å². The first kappa shape index (κ1) is 23.9. The van der Waals surface area contributed by atoms with Crippen molar-refractivity contribution >= 4 is 23.8 Å². The predicted molar refractivity (Wildman–Crippen MR) is 115 cm³/mol. The minimum atomic E-state index is -1.24. The first-order valence-electron chi connectivity index (χ1n) is 10.4. The molecule has 0 aromatic heterocycles. The van der Waals surface area contributed by atoms with Crippen LogP contribution in [0.4, 0.5) is 0 Å². The Morgan fingerprint density at radius 3 is 2.00 bits per heavy atom. The number of esters is 3. The van der Waals surface area contributed by atoms with E-state index in [1.165, 1.54) is 13.8 Å². The van der Waals surface area contributed by atoms with Crippen LogP contribution in [0.3, 0.4) is 0 Å². The van der Waals surface area contributed by atoms with Gasteiger partial charge in [0.15, 0.2) is 0 Å². The number of benzene rings is 2. The first-order valence-corrected chi connectivity index (χ1v) is 10.4. The van der Waals surface area contributed by atoms with Crippen LogP contribution in [0.2, 0.25) is 0 Å². The van der Waals surface area contributed by atoms with Gasteiger partial charge in [0, 0.05) is 20.3 Å². The molecular weight excluding hydrogens is 430 g/mol. The average Bonchev–Trinajstić information content (AvgIpc) is 2.80. The van der Waals surface area contributed by atoms with E-state index in [0.717, 1.165) is 0 Å². The van der Waals surface area contributed by atoms with Crippen molar-refractivity contribution in [1.29, 1.82) is 0 Å². The fourth-order valence-electron chi connectivity index (χ4n) is 3.41. The lowest BCUT2D eigenvalue weighted by Crippen LogP contribution is -2.59. The largest absolute Gasteiger partial charge is 0.459 e. The van der Waals surface area contributed by atoms with E-state index in [0.29, 0.717) is 11.1 Å². The molecular formula is C24H25NO8. The smallest absolute Gasteiger partial charge is 0.338 e. The molecule has 4 unspecified atom stereocenters. The van der Waals surface area contributed by atoms with E-state index in [1.807, 2.05) is 0 Å². The standard InChI is InChI=1S/C24H25NO8/c1-15(26)25-21-20(33-23(29)18-11-7-4-8-12-18)13-19(32-24(21)31-16(2)27)14-30-22(28)17-9-5-3-6-10-17/h3-12,19-21,24H,13-14H2,1-2H3,(H,25,26). The normalized spacial score (nSPS) is 22.0. The topological polar surface area (TPSA) is 117 Å². The van der Waals surface area contributed by atoms with Crippen molar-refractivity contribution in [2.75, 3.05) is 6.61 Å². The summed E-state index contributed by atoms with van der Waals surface area (Å²) in [6.07, 6.45) is -2.79. The van der Waals surface area contributed by atoms with E-state index in [9.17, 15) is 19.2 Å². The van der Waals surface area contributed by atoms with Gasteiger partial charge in [-0.05, 0) is 24.3 Å². The number of rotatable bonds is 7. The minimum Gasteiger partial charge on any atom is -0.459 e. The molecule has 2 aromatic rings. The van der Waals surface area contributed by atoms with E-state index < -0.39 is 48.4 Å². The van der Waals surface area contributed by atoms with Gasteiger partial charge in [0.05, 0.1) is 17.2 Å². The maximum Gasteiger partial charge on any atom is 0.338 e. The Morgan fingerprint density at radius 1 is 0.879 bits per heavy atom. The number of nitrogens with one attached hydrogen (secondary N) is 1. The number of hydrogen-bond donors (Lipinski definition) is 1. The van der Waals surface area contributed by atoms with Gasteiger partial charge in [-0.3, -0.25) is 9.59 Å². The monoisotopic (exact) mass is 455 g/mol. The summed E-state index contributed by atoms with van der Waals surface area (Å²) in [5.41, 5.74) is 0.690. The van der Waals surface area contributed by atoms with Gasteiger partial charge < -0.3 is 24.3 Å². The fraction of sp³-hybridized carbons (Fsp3) is 0.333. The Morgan fingerprint density at radius 2 is 1.45 bits per heavy atom. The highest BCUT2D eigenvalue weighted by Gasteiger charge is 2.44. The SMILES string of the molecule is CC(=O)NC1C(OC(=O)c2ccccc2)CC(COC(=O)c2ccccc2)OC1OC(C)=O. The van der Waals surface area contributed by atoms with Gasteiger partial charge >= 0.3 is 17.9 Å². The van der Waals surface area contributed by atoms with Gasteiger partial charge in [-0.15, -0.1) is 0 Å². The van der Waals surface area contributed by atoms with E-state index >= 15 is 0 Å². The molecule has 0 bridgehead atoms. The summed E-state index contributed by atoms with van der Waals surface area (Å²) in [5.74, 6) is -2.23. The summed E-state index contributed by atoms with van der Waals surface area (Å²) in [5, 5.41) is 2.63. The highest BCUT2D eigenvalue weighted by Crippen LogP contribution is 2.26. The summed E-state index contributed by atoms with van der Waals surface area (Å²) in [6, 6.07) is 15.8. The van der Waals surface area contributed by atoms with E-state index in [-0.39, 0.29) is 13.0 Å². The highest BCUT2D eigenvalue weighted by atomic mass is 16.7. The molecule has 2 aromatic carbocycles. The van der Waals surface area contributed by atoms with Crippen molar-refractivity contribution in [3.63, 3.8) is 0 Å². The third-order valence-corrected chi connectivity index (χ3v) is 4.85. The van der Waals surface area contributed by atoms with Crippen LogP contribution >= 0.6 is 0 Å². The van der Waals surface area contributed by atoms with Crippen LogP contribution in [-0.4, -0.2) is 55.0 Å². The Bertz CT molecular complexity index is 978. The molecule has 1 heterocycles. The fourth-order valence-corrected chi connectivity index (χ4v) is 3.41. The van der Waals surface area contributed by atoms with Gasteiger partial charge in [0.2, 0.25) is 12.2 Å². The van der Waals surface area contributed by atoms with Crippen molar-refractivity contribution in [3.05, 3.63) is 71.8 Å². The zero-order valence-electron chi connectivity index (χ0n) is 18.3. The van der Waals surface area contributed by atoms with Gasteiger partial charge in [0.1, 0.15) is 18.8 Å². The van der Waals surface area contributed by atoms with Crippen molar-refractivity contribution in [2.45, 2.75) is 44.8 Å². The quantitative estimate of drug-likeness (QED) is 0.499. The number of hydrogen-bond acceptors (Lipinski definition) is 8.